The minimum Gasteiger partial charge on any atom is -0.550 e. The molecule has 2 aliphatic heterocycles. The van der Waals surface area contributed by atoms with Gasteiger partial charge in [0.15, 0.2) is 0 Å². The van der Waals surface area contributed by atoms with Crippen LogP contribution in [0.25, 0.3) is 0 Å². The molecular formula is C36H62O6Zr. The molecule has 0 N–H and O–H groups in total. The van der Waals surface area contributed by atoms with E-state index in [0.29, 0.717) is 24.4 Å². The second-order valence-corrected chi connectivity index (χ2v) is 12.2. The molecular weight excluding hydrogens is 620 g/mol. The third-order valence-electron chi connectivity index (χ3n) is 8.13. The average Bonchev–Trinajstić information content (AvgIpc) is 3.89. The summed E-state index contributed by atoms with van der Waals surface area (Å²) in [5, 5.41) is 20.5. The third-order valence-corrected chi connectivity index (χ3v) is 8.13. The molecule has 0 spiro atoms. The van der Waals surface area contributed by atoms with Crippen LogP contribution in [0.15, 0.2) is 24.3 Å². The monoisotopic (exact) mass is 680 g/mol. The summed E-state index contributed by atoms with van der Waals surface area (Å²) in [5.74, 6) is -1.85. The van der Waals surface area contributed by atoms with E-state index in [1.165, 1.54) is 77.0 Å². The summed E-state index contributed by atoms with van der Waals surface area (Å²) in [7, 11) is 0. The molecule has 246 valence electrons. The molecule has 0 bridgehead atoms. The topological polar surface area (TPSA) is 105 Å². The predicted molar refractivity (Wildman–Crippen MR) is 168 cm³/mol. The Morgan fingerprint density at radius 2 is 0.884 bits per heavy atom. The van der Waals surface area contributed by atoms with Crippen molar-refractivity contribution in [3.05, 3.63) is 24.3 Å². The second-order valence-electron chi connectivity index (χ2n) is 12.2. The summed E-state index contributed by atoms with van der Waals surface area (Å²) >= 11 is 0. The Kier molecular flexibility index (Phi) is 29.4. The zero-order valence-corrected chi connectivity index (χ0v) is 30.0. The van der Waals surface area contributed by atoms with Gasteiger partial charge >= 0.3 is 26.2 Å². The Balaban J connectivity index is 0.000000802. The molecule has 2 aliphatic rings. The number of carboxylic acids is 2. The van der Waals surface area contributed by atoms with Crippen molar-refractivity contribution < 1.29 is 55.5 Å². The third kappa shape index (κ3) is 28.4. The van der Waals surface area contributed by atoms with Crippen molar-refractivity contribution in [2.24, 2.45) is 0 Å². The zero-order valence-electron chi connectivity index (χ0n) is 27.5. The van der Waals surface area contributed by atoms with Crippen LogP contribution in [0.3, 0.4) is 0 Å². The van der Waals surface area contributed by atoms with Gasteiger partial charge in [-0.25, -0.2) is 0 Å². The Morgan fingerprint density at radius 3 is 1.26 bits per heavy atom. The van der Waals surface area contributed by atoms with Gasteiger partial charge in [0.1, 0.15) is 0 Å². The fourth-order valence-corrected chi connectivity index (χ4v) is 5.29. The smallest absolute Gasteiger partial charge is 0.550 e. The van der Waals surface area contributed by atoms with E-state index in [0.717, 1.165) is 64.2 Å². The van der Waals surface area contributed by atoms with E-state index < -0.39 is 11.9 Å². The minimum atomic E-state index is -0.924. The molecule has 0 aromatic heterocycles. The molecule has 0 aromatic rings. The van der Waals surface area contributed by atoms with Gasteiger partial charge in [-0.2, -0.15) is 0 Å². The number of unbranched alkanes of at least 4 members (excludes halogenated alkanes) is 14. The summed E-state index contributed by atoms with van der Waals surface area (Å²) in [5.41, 5.74) is 0. The molecule has 4 atom stereocenters. The molecule has 0 saturated carbocycles. The largest absolute Gasteiger partial charge is 2.00 e. The number of allylic oxidation sites excluding steroid dienone is 2. The van der Waals surface area contributed by atoms with Crippen molar-refractivity contribution in [3.63, 3.8) is 0 Å². The van der Waals surface area contributed by atoms with Crippen molar-refractivity contribution in [1.29, 1.82) is 0 Å². The molecule has 2 fully saturated rings. The van der Waals surface area contributed by atoms with Crippen molar-refractivity contribution in [1.82, 2.24) is 0 Å². The number of ether oxygens (including phenoxy) is 2. The SMILES string of the molecule is CCCCC/C=C\CC1OC1CCCCCCCC(=O)[O-].CCCCC/C=C\CC1OC1CCCCCCCC(=O)[O-].[Zr+2]. The summed E-state index contributed by atoms with van der Waals surface area (Å²) in [4.78, 5) is 20.5. The van der Waals surface area contributed by atoms with Crippen molar-refractivity contribution in [2.45, 2.75) is 192 Å². The number of epoxide rings is 2. The van der Waals surface area contributed by atoms with Gasteiger partial charge in [0.2, 0.25) is 0 Å². The summed E-state index contributed by atoms with van der Waals surface area (Å²) in [6.07, 6.45) is 36.7. The van der Waals surface area contributed by atoms with E-state index in [4.69, 9.17) is 9.47 Å². The van der Waals surface area contributed by atoms with Gasteiger partial charge in [-0.1, -0.05) is 115 Å². The van der Waals surface area contributed by atoms with Gasteiger partial charge in [0, 0.05) is 11.9 Å². The van der Waals surface area contributed by atoms with Crippen LogP contribution in [0, 0.1) is 0 Å². The van der Waals surface area contributed by atoms with E-state index in [-0.39, 0.29) is 39.0 Å². The van der Waals surface area contributed by atoms with Crippen molar-refractivity contribution in [2.75, 3.05) is 0 Å². The fraction of sp³-hybridized carbons (Fsp3) is 0.833. The number of carbonyl (C=O) groups is 2. The minimum absolute atomic E-state index is 0. The number of carboxylic acid groups (broad SMARTS) is 2. The molecule has 2 rings (SSSR count). The van der Waals surface area contributed by atoms with E-state index in [1.807, 2.05) is 0 Å². The zero-order chi connectivity index (χ0) is 30.7. The van der Waals surface area contributed by atoms with Crippen LogP contribution < -0.4 is 10.2 Å². The van der Waals surface area contributed by atoms with E-state index in [9.17, 15) is 19.8 Å². The quantitative estimate of drug-likeness (QED) is 0.0481. The van der Waals surface area contributed by atoms with Gasteiger partial charge < -0.3 is 29.3 Å². The number of rotatable bonds is 28. The number of hydrogen-bond donors (Lipinski definition) is 0. The van der Waals surface area contributed by atoms with Gasteiger partial charge in [-0.3, -0.25) is 0 Å². The Bertz CT molecular complexity index is 665. The molecule has 43 heavy (non-hydrogen) atoms. The standard InChI is InChI=1S/2C18H32O3.Zr/c2*1-2-3-4-5-7-10-13-16-17(21-16)14-11-8-6-9-12-15-18(19)20;/h2*7,10,16-17H,2-6,8-9,11-15H2,1H3,(H,19,20);/q;;+2/p-2/b2*10-7-;. The molecule has 4 unspecified atom stereocenters. The molecule has 0 radical (unpaired) electrons. The number of aliphatic carboxylic acids is 2. The van der Waals surface area contributed by atoms with E-state index in [2.05, 4.69) is 38.2 Å². The van der Waals surface area contributed by atoms with E-state index >= 15 is 0 Å². The molecule has 0 aliphatic carbocycles. The average molecular weight is 682 g/mol. The number of carbonyl (C=O) groups excluding carboxylic acids is 2. The first kappa shape index (κ1) is 42.2. The summed E-state index contributed by atoms with van der Waals surface area (Å²) in [6, 6.07) is 0. The molecule has 0 amide bonds. The maximum Gasteiger partial charge on any atom is 2.00 e. The van der Waals surface area contributed by atoms with Gasteiger partial charge in [0.25, 0.3) is 0 Å². The predicted octanol–water partition coefficient (Wildman–Crippen LogP) is 7.52. The van der Waals surface area contributed by atoms with Crippen LogP contribution in [0.4, 0.5) is 0 Å². The van der Waals surface area contributed by atoms with Crippen LogP contribution in [-0.2, 0) is 45.3 Å². The summed E-state index contributed by atoms with van der Waals surface area (Å²) in [6.45, 7) is 4.46. The molecule has 6 nitrogen and oxygen atoms in total. The van der Waals surface area contributed by atoms with Crippen molar-refractivity contribution >= 4 is 11.9 Å². The molecule has 7 heteroatoms. The number of hydrogen-bond acceptors (Lipinski definition) is 6. The Hall–Kier alpha value is -0.777. The molecule has 0 aromatic carbocycles. The summed E-state index contributed by atoms with van der Waals surface area (Å²) < 4.78 is 11.3. The van der Waals surface area contributed by atoms with Crippen LogP contribution >= 0.6 is 0 Å². The Labute approximate surface area is 283 Å². The first-order valence-corrected chi connectivity index (χ1v) is 17.5. The van der Waals surface area contributed by atoms with Gasteiger partial charge in [-0.05, 0) is 77.0 Å². The van der Waals surface area contributed by atoms with E-state index in [1.54, 1.807) is 0 Å². The Morgan fingerprint density at radius 1 is 0.512 bits per heavy atom. The first-order chi connectivity index (χ1) is 20.5. The van der Waals surface area contributed by atoms with Crippen LogP contribution in [-0.4, -0.2) is 36.4 Å². The van der Waals surface area contributed by atoms with Crippen LogP contribution in [0.5, 0.6) is 0 Å². The fourth-order valence-electron chi connectivity index (χ4n) is 5.29. The maximum atomic E-state index is 10.2. The molecule has 2 saturated heterocycles. The normalized spacial score (nSPS) is 20.5. The second kappa shape index (κ2) is 29.9. The first-order valence-electron chi connectivity index (χ1n) is 17.5. The van der Waals surface area contributed by atoms with Crippen LogP contribution in [0.2, 0.25) is 0 Å². The van der Waals surface area contributed by atoms with Gasteiger partial charge in [0.05, 0.1) is 24.4 Å². The van der Waals surface area contributed by atoms with Gasteiger partial charge in [-0.15, -0.1) is 0 Å². The van der Waals surface area contributed by atoms with Crippen LogP contribution in [0.1, 0.15) is 168 Å². The molecule has 2 heterocycles. The van der Waals surface area contributed by atoms with Crippen molar-refractivity contribution in [3.8, 4) is 0 Å². The maximum absolute atomic E-state index is 10.2.